The number of rotatable bonds is 7. The maximum absolute atomic E-state index is 12.1. The molecule has 3 aromatic rings. The van der Waals surface area contributed by atoms with Crippen LogP contribution in [-0.4, -0.2) is 30.8 Å². The van der Waals surface area contributed by atoms with Crippen LogP contribution in [0.15, 0.2) is 57.8 Å². The minimum atomic E-state index is -3.23. The van der Waals surface area contributed by atoms with E-state index in [1.807, 2.05) is 24.3 Å². The van der Waals surface area contributed by atoms with Crippen molar-refractivity contribution >= 4 is 21.8 Å². The van der Waals surface area contributed by atoms with Gasteiger partial charge in [-0.15, -0.1) is 5.10 Å². The van der Waals surface area contributed by atoms with Crippen LogP contribution in [0.1, 0.15) is 29.5 Å². The highest BCUT2D eigenvalue weighted by Crippen LogP contribution is 2.15. The first-order valence-corrected chi connectivity index (χ1v) is 10.7. The van der Waals surface area contributed by atoms with Crippen molar-refractivity contribution in [3.8, 4) is 0 Å². The van der Waals surface area contributed by atoms with Gasteiger partial charge in [0.25, 0.3) is 0 Å². The van der Waals surface area contributed by atoms with Gasteiger partial charge >= 0.3 is 6.01 Å². The minimum absolute atomic E-state index is 0.0398. The zero-order chi connectivity index (χ0) is 20.1. The van der Waals surface area contributed by atoms with Crippen molar-refractivity contribution in [1.82, 2.24) is 10.2 Å². The second-order valence-corrected chi connectivity index (χ2v) is 8.50. The fourth-order valence-electron chi connectivity index (χ4n) is 2.65. The van der Waals surface area contributed by atoms with Gasteiger partial charge in [-0.1, -0.05) is 48.4 Å². The topological polar surface area (TPSA) is 102 Å². The molecule has 0 bridgehead atoms. The molecular weight excluding hydrogens is 378 g/mol. The van der Waals surface area contributed by atoms with E-state index in [2.05, 4.69) is 22.4 Å². The molecule has 146 valence electrons. The van der Waals surface area contributed by atoms with E-state index in [0.717, 1.165) is 23.8 Å². The second kappa shape index (κ2) is 8.35. The molecule has 0 saturated carbocycles. The number of amides is 1. The van der Waals surface area contributed by atoms with Gasteiger partial charge in [-0.3, -0.25) is 10.1 Å². The van der Waals surface area contributed by atoms with Crippen LogP contribution in [0.5, 0.6) is 0 Å². The SMILES string of the molecule is CCc1ccc(CC(=O)Nc2nnc(Cc3ccc(S(C)(=O)=O)cc3)o2)cc1. The van der Waals surface area contributed by atoms with Crippen LogP contribution in [0.3, 0.4) is 0 Å². The van der Waals surface area contributed by atoms with E-state index in [4.69, 9.17) is 4.42 Å². The number of nitrogens with one attached hydrogen (secondary N) is 1. The molecule has 0 atom stereocenters. The Labute approximate surface area is 163 Å². The number of nitrogens with zero attached hydrogens (tertiary/aromatic N) is 2. The Balaban J connectivity index is 1.58. The number of anilines is 1. The molecule has 0 unspecified atom stereocenters. The average Bonchev–Trinajstić information content (AvgIpc) is 3.08. The van der Waals surface area contributed by atoms with E-state index < -0.39 is 9.84 Å². The first-order valence-electron chi connectivity index (χ1n) is 8.82. The first-order chi connectivity index (χ1) is 13.3. The summed E-state index contributed by atoms with van der Waals surface area (Å²) >= 11 is 0. The molecule has 0 aliphatic carbocycles. The number of aromatic nitrogens is 2. The normalized spacial score (nSPS) is 11.4. The number of carbonyl (C=O) groups excluding carboxylic acids is 1. The van der Waals surface area contributed by atoms with E-state index in [-0.39, 0.29) is 23.2 Å². The van der Waals surface area contributed by atoms with Crippen LogP contribution in [0.2, 0.25) is 0 Å². The van der Waals surface area contributed by atoms with Crippen LogP contribution in [-0.2, 0) is 33.9 Å². The van der Waals surface area contributed by atoms with E-state index in [1.165, 1.54) is 17.7 Å². The monoisotopic (exact) mass is 399 g/mol. The van der Waals surface area contributed by atoms with Crippen molar-refractivity contribution in [3.63, 3.8) is 0 Å². The van der Waals surface area contributed by atoms with E-state index in [1.54, 1.807) is 12.1 Å². The molecule has 0 aliphatic rings. The lowest BCUT2D eigenvalue weighted by molar-refractivity contribution is -0.115. The smallest absolute Gasteiger partial charge is 0.322 e. The molecule has 0 aliphatic heterocycles. The lowest BCUT2D eigenvalue weighted by Gasteiger charge is -2.02. The first kappa shape index (κ1) is 19.8. The Morgan fingerprint density at radius 2 is 1.57 bits per heavy atom. The molecule has 1 amide bonds. The predicted molar refractivity (Wildman–Crippen MR) is 105 cm³/mol. The zero-order valence-corrected chi connectivity index (χ0v) is 16.5. The molecule has 0 fully saturated rings. The minimum Gasteiger partial charge on any atom is -0.407 e. The lowest BCUT2D eigenvalue weighted by Crippen LogP contribution is -2.14. The largest absolute Gasteiger partial charge is 0.407 e. The maximum atomic E-state index is 12.1. The van der Waals surface area contributed by atoms with Crippen molar-refractivity contribution in [1.29, 1.82) is 0 Å². The highest BCUT2D eigenvalue weighted by atomic mass is 32.2. The number of hydrogen-bond donors (Lipinski definition) is 1. The van der Waals surface area contributed by atoms with Crippen molar-refractivity contribution in [2.24, 2.45) is 0 Å². The van der Waals surface area contributed by atoms with Crippen molar-refractivity contribution < 1.29 is 17.6 Å². The summed E-state index contributed by atoms with van der Waals surface area (Å²) in [5, 5.41) is 10.3. The number of carbonyl (C=O) groups is 1. The van der Waals surface area contributed by atoms with Crippen LogP contribution in [0, 0.1) is 0 Å². The molecule has 0 radical (unpaired) electrons. The third kappa shape index (κ3) is 5.26. The fraction of sp³-hybridized carbons (Fsp3) is 0.250. The van der Waals surface area contributed by atoms with Gasteiger partial charge < -0.3 is 4.42 Å². The Hall–Kier alpha value is -3.00. The zero-order valence-electron chi connectivity index (χ0n) is 15.7. The van der Waals surface area contributed by atoms with Crippen LogP contribution in [0.4, 0.5) is 6.01 Å². The van der Waals surface area contributed by atoms with E-state index >= 15 is 0 Å². The summed E-state index contributed by atoms with van der Waals surface area (Å²) in [4.78, 5) is 12.4. The highest BCUT2D eigenvalue weighted by Gasteiger charge is 2.12. The average molecular weight is 399 g/mol. The highest BCUT2D eigenvalue weighted by molar-refractivity contribution is 7.90. The lowest BCUT2D eigenvalue weighted by atomic mass is 10.1. The molecule has 2 aromatic carbocycles. The van der Waals surface area contributed by atoms with Gasteiger partial charge in [-0.25, -0.2) is 8.42 Å². The molecule has 8 heteroatoms. The Bertz CT molecular complexity index is 1060. The molecular formula is C20H21N3O4S. The van der Waals surface area contributed by atoms with Crippen LogP contribution >= 0.6 is 0 Å². The maximum Gasteiger partial charge on any atom is 0.322 e. The molecule has 7 nitrogen and oxygen atoms in total. The standard InChI is InChI=1S/C20H21N3O4S/c1-3-14-4-6-15(7-5-14)12-18(24)21-20-23-22-19(27-20)13-16-8-10-17(11-9-16)28(2,25)26/h4-11H,3,12-13H2,1-2H3,(H,21,23,24). The number of hydrogen-bond acceptors (Lipinski definition) is 6. The van der Waals surface area contributed by atoms with E-state index in [0.29, 0.717) is 12.3 Å². The molecule has 3 rings (SSSR count). The second-order valence-electron chi connectivity index (χ2n) is 6.49. The van der Waals surface area contributed by atoms with E-state index in [9.17, 15) is 13.2 Å². The molecule has 0 spiro atoms. The molecule has 1 N–H and O–H groups in total. The van der Waals surface area contributed by atoms with Gasteiger partial charge in [0.15, 0.2) is 9.84 Å². The van der Waals surface area contributed by atoms with Gasteiger partial charge in [0.2, 0.25) is 11.8 Å². The van der Waals surface area contributed by atoms with Gasteiger partial charge in [-0.2, -0.15) is 0 Å². The Morgan fingerprint density at radius 3 is 2.18 bits per heavy atom. The summed E-state index contributed by atoms with van der Waals surface area (Å²) < 4.78 is 28.4. The van der Waals surface area contributed by atoms with Crippen LogP contribution in [0.25, 0.3) is 0 Å². The summed E-state index contributed by atoms with van der Waals surface area (Å²) in [6.45, 7) is 2.08. The Kier molecular flexibility index (Phi) is 5.89. The number of benzene rings is 2. The molecule has 28 heavy (non-hydrogen) atoms. The Morgan fingerprint density at radius 1 is 0.964 bits per heavy atom. The third-order valence-corrected chi connectivity index (χ3v) is 5.34. The summed E-state index contributed by atoms with van der Waals surface area (Å²) in [6.07, 6.45) is 2.67. The van der Waals surface area contributed by atoms with Gasteiger partial charge in [-0.05, 0) is 35.2 Å². The number of sulfone groups is 1. The van der Waals surface area contributed by atoms with Crippen molar-refractivity contribution in [2.45, 2.75) is 31.1 Å². The summed E-state index contributed by atoms with van der Waals surface area (Å²) in [6, 6.07) is 14.4. The molecule has 1 heterocycles. The molecule has 1 aromatic heterocycles. The van der Waals surface area contributed by atoms with Gasteiger partial charge in [0.05, 0.1) is 17.7 Å². The predicted octanol–water partition coefficient (Wildman–Crippen LogP) is 2.81. The van der Waals surface area contributed by atoms with Crippen molar-refractivity contribution in [2.75, 3.05) is 11.6 Å². The van der Waals surface area contributed by atoms with Crippen molar-refractivity contribution in [3.05, 3.63) is 71.1 Å². The number of aryl methyl sites for hydroxylation is 1. The third-order valence-electron chi connectivity index (χ3n) is 4.22. The van der Waals surface area contributed by atoms with Gasteiger partial charge in [0.1, 0.15) is 0 Å². The van der Waals surface area contributed by atoms with Crippen LogP contribution < -0.4 is 5.32 Å². The van der Waals surface area contributed by atoms with Gasteiger partial charge in [0, 0.05) is 6.26 Å². The summed E-state index contributed by atoms with van der Waals surface area (Å²) in [5.74, 6) is 0.0895. The summed E-state index contributed by atoms with van der Waals surface area (Å²) in [7, 11) is -3.23. The molecule has 0 saturated heterocycles. The summed E-state index contributed by atoms with van der Waals surface area (Å²) in [5.41, 5.74) is 2.95. The quantitative estimate of drug-likeness (QED) is 0.655. The fourth-order valence-corrected chi connectivity index (χ4v) is 3.28.